The summed E-state index contributed by atoms with van der Waals surface area (Å²) in [4.78, 5) is 34.4. The van der Waals surface area contributed by atoms with E-state index in [0.29, 0.717) is 23.7 Å². The van der Waals surface area contributed by atoms with Gasteiger partial charge in [0.15, 0.2) is 5.69 Å². The molecule has 1 fully saturated rings. The van der Waals surface area contributed by atoms with E-state index < -0.39 is 0 Å². The summed E-state index contributed by atoms with van der Waals surface area (Å²) in [5, 5.41) is 3.94. The molecule has 4 rings (SSSR count). The fraction of sp³-hybridized carbons (Fsp3) is 0.444. The number of likely N-dealkylation sites (tertiary alicyclic amines) is 1. The number of hydrogen-bond acceptors (Lipinski definition) is 5. The van der Waals surface area contributed by atoms with Crippen molar-refractivity contribution in [1.82, 2.24) is 24.4 Å². The Bertz CT molecular complexity index is 986. The predicted octanol–water partition coefficient (Wildman–Crippen LogP) is 2.33. The molecule has 0 spiro atoms. The SMILES string of the molecule is CCCc1cc(C(=O)N2CCCC[C@H]2c2cc(=O)n3ccnc3[nH]2)no1. The Kier molecular flexibility index (Phi) is 4.32. The largest absolute Gasteiger partial charge is 0.361 e. The molecule has 4 heterocycles. The van der Waals surface area contributed by atoms with Gasteiger partial charge in [-0.15, -0.1) is 0 Å². The van der Waals surface area contributed by atoms with Crippen LogP contribution in [-0.4, -0.2) is 36.9 Å². The number of rotatable bonds is 4. The van der Waals surface area contributed by atoms with E-state index in [1.807, 2.05) is 6.92 Å². The molecule has 0 aliphatic carbocycles. The summed E-state index contributed by atoms with van der Waals surface area (Å²) in [6.45, 7) is 2.67. The quantitative estimate of drug-likeness (QED) is 0.775. The lowest BCUT2D eigenvalue weighted by atomic mass is 9.98. The second-order valence-corrected chi connectivity index (χ2v) is 6.62. The molecule has 8 nitrogen and oxygen atoms in total. The first-order valence-electron chi connectivity index (χ1n) is 9.00. The van der Waals surface area contributed by atoms with Crippen molar-refractivity contribution in [2.24, 2.45) is 0 Å². The van der Waals surface area contributed by atoms with Crippen molar-refractivity contribution in [2.75, 3.05) is 6.54 Å². The summed E-state index contributed by atoms with van der Waals surface area (Å²) >= 11 is 0. The Balaban J connectivity index is 1.66. The summed E-state index contributed by atoms with van der Waals surface area (Å²) in [5.74, 6) is 1.04. The highest BCUT2D eigenvalue weighted by molar-refractivity contribution is 5.92. The van der Waals surface area contributed by atoms with E-state index in [1.165, 1.54) is 4.40 Å². The van der Waals surface area contributed by atoms with Gasteiger partial charge in [-0.05, 0) is 25.7 Å². The highest BCUT2D eigenvalue weighted by atomic mass is 16.5. The number of nitrogens with zero attached hydrogens (tertiary/aromatic N) is 4. The van der Waals surface area contributed by atoms with Crippen molar-refractivity contribution >= 4 is 11.7 Å². The number of imidazole rings is 1. The van der Waals surface area contributed by atoms with E-state index in [1.54, 1.807) is 29.4 Å². The van der Waals surface area contributed by atoms with Gasteiger partial charge in [0.25, 0.3) is 11.5 Å². The smallest absolute Gasteiger partial charge is 0.276 e. The van der Waals surface area contributed by atoms with Crippen molar-refractivity contribution in [2.45, 2.75) is 45.1 Å². The van der Waals surface area contributed by atoms with Gasteiger partial charge in [0.05, 0.1) is 6.04 Å². The summed E-state index contributed by atoms with van der Waals surface area (Å²) in [7, 11) is 0. The second kappa shape index (κ2) is 6.78. The zero-order valence-electron chi connectivity index (χ0n) is 14.6. The molecule has 1 aliphatic rings. The average molecular weight is 355 g/mol. The Morgan fingerprint density at radius 3 is 3.12 bits per heavy atom. The highest BCUT2D eigenvalue weighted by Gasteiger charge is 2.31. The molecule has 3 aromatic heterocycles. The number of carbonyl (C=O) groups is 1. The second-order valence-electron chi connectivity index (χ2n) is 6.62. The first-order chi connectivity index (χ1) is 12.7. The Hall–Kier alpha value is -2.90. The van der Waals surface area contributed by atoms with Crippen LogP contribution in [-0.2, 0) is 6.42 Å². The van der Waals surface area contributed by atoms with Gasteiger partial charge < -0.3 is 14.4 Å². The van der Waals surface area contributed by atoms with E-state index in [-0.39, 0.29) is 17.5 Å². The molecule has 1 aliphatic heterocycles. The van der Waals surface area contributed by atoms with E-state index in [0.717, 1.165) is 37.9 Å². The molecule has 1 atom stereocenters. The van der Waals surface area contributed by atoms with Gasteiger partial charge >= 0.3 is 0 Å². The maximum absolute atomic E-state index is 13.0. The minimum Gasteiger partial charge on any atom is -0.361 e. The number of carbonyl (C=O) groups excluding carboxylic acids is 1. The molecule has 3 aromatic rings. The lowest BCUT2D eigenvalue weighted by Crippen LogP contribution is -2.39. The third kappa shape index (κ3) is 2.91. The zero-order chi connectivity index (χ0) is 18.1. The lowest BCUT2D eigenvalue weighted by Gasteiger charge is -2.35. The number of H-pyrrole nitrogens is 1. The molecule has 0 radical (unpaired) electrons. The molecule has 8 heteroatoms. The van der Waals surface area contributed by atoms with Crippen LogP contribution in [0, 0.1) is 0 Å². The normalized spacial score (nSPS) is 17.7. The van der Waals surface area contributed by atoms with E-state index in [2.05, 4.69) is 15.1 Å². The van der Waals surface area contributed by atoms with Gasteiger partial charge in [-0.2, -0.15) is 0 Å². The molecule has 26 heavy (non-hydrogen) atoms. The van der Waals surface area contributed by atoms with Gasteiger partial charge in [-0.1, -0.05) is 12.1 Å². The van der Waals surface area contributed by atoms with Gasteiger partial charge in [-0.3, -0.25) is 14.0 Å². The molecule has 0 saturated carbocycles. The van der Waals surface area contributed by atoms with E-state index >= 15 is 0 Å². The van der Waals surface area contributed by atoms with Crippen LogP contribution in [0.15, 0.2) is 33.8 Å². The molecule has 136 valence electrons. The van der Waals surface area contributed by atoms with Crippen LogP contribution in [0.4, 0.5) is 0 Å². The summed E-state index contributed by atoms with van der Waals surface area (Å²) < 4.78 is 6.71. The lowest BCUT2D eigenvalue weighted by molar-refractivity contribution is 0.0595. The van der Waals surface area contributed by atoms with Gasteiger partial charge in [0.1, 0.15) is 5.76 Å². The average Bonchev–Trinajstić information content (AvgIpc) is 3.31. The molecule has 1 saturated heterocycles. The van der Waals surface area contributed by atoms with Crippen LogP contribution in [0.5, 0.6) is 0 Å². The van der Waals surface area contributed by atoms with E-state index in [4.69, 9.17) is 4.52 Å². The van der Waals surface area contributed by atoms with Gasteiger partial charge in [0, 0.05) is 43.2 Å². The van der Waals surface area contributed by atoms with Gasteiger partial charge in [0.2, 0.25) is 5.78 Å². The summed E-state index contributed by atoms with van der Waals surface area (Å²) in [6.07, 6.45) is 7.60. The Morgan fingerprint density at radius 2 is 2.27 bits per heavy atom. The molecular weight excluding hydrogens is 334 g/mol. The van der Waals surface area contributed by atoms with Crippen LogP contribution in [0.1, 0.15) is 60.6 Å². The number of fused-ring (bicyclic) bond motifs is 1. The number of amides is 1. The molecular formula is C18H21N5O3. The number of piperidine rings is 1. The molecule has 0 unspecified atom stereocenters. The van der Waals surface area contributed by atoms with Gasteiger partial charge in [-0.25, -0.2) is 4.98 Å². The molecule has 1 amide bonds. The van der Waals surface area contributed by atoms with Crippen molar-refractivity contribution in [1.29, 1.82) is 0 Å². The first kappa shape index (κ1) is 16.6. The number of aromatic nitrogens is 4. The highest BCUT2D eigenvalue weighted by Crippen LogP contribution is 2.30. The number of aromatic amines is 1. The predicted molar refractivity (Wildman–Crippen MR) is 93.9 cm³/mol. The van der Waals surface area contributed by atoms with Crippen LogP contribution in [0.3, 0.4) is 0 Å². The minimum atomic E-state index is -0.197. The Morgan fingerprint density at radius 1 is 1.38 bits per heavy atom. The topological polar surface area (TPSA) is 96.5 Å². The van der Waals surface area contributed by atoms with Crippen molar-refractivity contribution in [3.05, 3.63) is 52.0 Å². The fourth-order valence-electron chi connectivity index (χ4n) is 3.54. The standard InChI is InChI=1S/C18H21N5O3/c1-2-5-12-10-14(21-26-12)17(25)22-8-4-3-6-15(22)13-11-16(24)23-9-7-19-18(23)20-13/h7,9-11,15H,2-6,8H2,1H3,(H,19,20)/t15-/m0/s1. The van der Waals surface area contributed by atoms with Crippen molar-refractivity contribution in [3.63, 3.8) is 0 Å². The van der Waals surface area contributed by atoms with Crippen LogP contribution in [0.2, 0.25) is 0 Å². The number of hydrogen-bond donors (Lipinski definition) is 1. The number of aryl methyl sites for hydroxylation is 1. The van der Waals surface area contributed by atoms with Crippen molar-refractivity contribution < 1.29 is 9.32 Å². The zero-order valence-corrected chi connectivity index (χ0v) is 14.6. The first-order valence-corrected chi connectivity index (χ1v) is 9.00. The third-order valence-corrected chi connectivity index (χ3v) is 4.81. The summed E-state index contributed by atoms with van der Waals surface area (Å²) in [5.41, 5.74) is 0.875. The van der Waals surface area contributed by atoms with Crippen LogP contribution < -0.4 is 5.56 Å². The van der Waals surface area contributed by atoms with E-state index in [9.17, 15) is 9.59 Å². The monoisotopic (exact) mass is 355 g/mol. The number of nitrogens with one attached hydrogen (secondary N) is 1. The van der Waals surface area contributed by atoms with Crippen LogP contribution in [0.25, 0.3) is 5.78 Å². The van der Waals surface area contributed by atoms with Crippen LogP contribution >= 0.6 is 0 Å². The fourth-order valence-corrected chi connectivity index (χ4v) is 3.54. The third-order valence-electron chi connectivity index (χ3n) is 4.81. The maximum Gasteiger partial charge on any atom is 0.276 e. The molecule has 0 bridgehead atoms. The summed E-state index contributed by atoms with van der Waals surface area (Å²) in [6, 6.07) is 3.07. The Labute approximate surface area is 149 Å². The van der Waals surface area contributed by atoms with Crippen molar-refractivity contribution in [3.8, 4) is 0 Å². The minimum absolute atomic E-state index is 0.157. The molecule has 1 N–H and O–H groups in total. The maximum atomic E-state index is 13.0. The molecule has 0 aromatic carbocycles.